The van der Waals surface area contributed by atoms with Crippen molar-refractivity contribution in [3.63, 3.8) is 0 Å². The summed E-state index contributed by atoms with van der Waals surface area (Å²) in [6.45, 7) is 5.43. The van der Waals surface area contributed by atoms with Crippen molar-refractivity contribution >= 4 is 11.9 Å². The molecule has 1 aromatic carbocycles. The molecule has 0 saturated carbocycles. The lowest BCUT2D eigenvalue weighted by Gasteiger charge is -2.33. The van der Waals surface area contributed by atoms with E-state index in [1.54, 1.807) is 19.1 Å². The Morgan fingerprint density at radius 2 is 1.80 bits per heavy atom. The summed E-state index contributed by atoms with van der Waals surface area (Å²) >= 11 is 0. The first-order chi connectivity index (χ1) is 12.1. The van der Waals surface area contributed by atoms with Crippen LogP contribution in [0.2, 0.25) is 0 Å². The van der Waals surface area contributed by atoms with Crippen LogP contribution in [0.15, 0.2) is 40.8 Å². The second kappa shape index (κ2) is 7.53. The van der Waals surface area contributed by atoms with Crippen LogP contribution in [0.4, 0.5) is 0 Å². The number of methoxy groups -OCH3 is 1. The van der Waals surface area contributed by atoms with Gasteiger partial charge < -0.3 is 14.1 Å². The predicted molar refractivity (Wildman–Crippen MR) is 93.0 cm³/mol. The van der Waals surface area contributed by atoms with Gasteiger partial charge in [-0.05, 0) is 18.2 Å². The van der Waals surface area contributed by atoms with Crippen molar-refractivity contribution in [2.45, 2.75) is 13.5 Å². The molecule has 25 heavy (non-hydrogen) atoms. The van der Waals surface area contributed by atoms with Crippen LogP contribution in [0.25, 0.3) is 11.3 Å². The summed E-state index contributed by atoms with van der Waals surface area (Å²) < 4.78 is 10.8. The molecular formula is C19H22N2O4. The normalized spacial score (nSPS) is 15.2. The maximum atomic E-state index is 11.9. The van der Waals surface area contributed by atoms with Crippen molar-refractivity contribution in [1.29, 1.82) is 0 Å². The number of furan rings is 1. The van der Waals surface area contributed by atoms with E-state index < -0.39 is 0 Å². The van der Waals surface area contributed by atoms with Gasteiger partial charge in [-0.15, -0.1) is 0 Å². The number of carbonyl (C=O) groups is 2. The minimum absolute atomic E-state index is 0.124. The molecule has 132 valence electrons. The van der Waals surface area contributed by atoms with Gasteiger partial charge >= 0.3 is 5.97 Å². The number of hydrogen-bond acceptors (Lipinski definition) is 5. The Bertz CT molecular complexity index is 760. The predicted octanol–water partition coefficient (Wildman–Crippen LogP) is 2.40. The van der Waals surface area contributed by atoms with Crippen molar-refractivity contribution in [1.82, 2.24) is 9.80 Å². The second-order valence-corrected chi connectivity index (χ2v) is 6.09. The third kappa shape index (κ3) is 3.91. The van der Waals surface area contributed by atoms with Crippen LogP contribution in [0, 0.1) is 0 Å². The molecule has 1 aliphatic rings. The fraction of sp³-hybridized carbons (Fsp3) is 0.368. The van der Waals surface area contributed by atoms with Gasteiger partial charge in [0.05, 0.1) is 19.2 Å². The first kappa shape index (κ1) is 17.2. The van der Waals surface area contributed by atoms with Gasteiger partial charge in [-0.2, -0.15) is 0 Å². The molecule has 6 nitrogen and oxygen atoms in total. The van der Waals surface area contributed by atoms with E-state index in [1.165, 1.54) is 7.11 Å². The first-order valence-corrected chi connectivity index (χ1v) is 8.33. The summed E-state index contributed by atoms with van der Waals surface area (Å²) in [5.74, 6) is 1.23. The third-order valence-corrected chi connectivity index (χ3v) is 4.46. The number of hydrogen-bond donors (Lipinski definition) is 0. The van der Waals surface area contributed by atoms with Crippen LogP contribution in [0.5, 0.6) is 0 Å². The summed E-state index contributed by atoms with van der Waals surface area (Å²) in [4.78, 5) is 27.4. The van der Waals surface area contributed by atoms with Crippen LogP contribution in [-0.4, -0.2) is 55.0 Å². The van der Waals surface area contributed by atoms with Gasteiger partial charge in [0.1, 0.15) is 11.5 Å². The summed E-state index contributed by atoms with van der Waals surface area (Å²) in [5, 5.41) is 0. The molecule has 0 aliphatic carbocycles. The molecule has 1 saturated heterocycles. The van der Waals surface area contributed by atoms with E-state index in [0.29, 0.717) is 17.9 Å². The molecule has 0 bridgehead atoms. The third-order valence-electron chi connectivity index (χ3n) is 4.46. The topological polar surface area (TPSA) is 63.0 Å². The van der Waals surface area contributed by atoms with Crippen molar-refractivity contribution in [2.24, 2.45) is 0 Å². The summed E-state index contributed by atoms with van der Waals surface area (Å²) in [7, 11) is 1.37. The van der Waals surface area contributed by atoms with Gasteiger partial charge in [0.15, 0.2) is 0 Å². The van der Waals surface area contributed by atoms with Crippen molar-refractivity contribution < 1.29 is 18.7 Å². The highest BCUT2D eigenvalue weighted by Gasteiger charge is 2.20. The summed E-state index contributed by atoms with van der Waals surface area (Å²) in [6, 6.07) is 11.0. The number of esters is 1. The van der Waals surface area contributed by atoms with Gasteiger partial charge in [-0.1, -0.05) is 18.2 Å². The van der Waals surface area contributed by atoms with Crippen molar-refractivity contribution in [3.8, 4) is 11.3 Å². The fourth-order valence-corrected chi connectivity index (χ4v) is 3.03. The van der Waals surface area contributed by atoms with Gasteiger partial charge in [0.25, 0.3) is 0 Å². The largest absolute Gasteiger partial charge is 0.465 e. The van der Waals surface area contributed by atoms with E-state index in [4.69, 9.17) is 9.15 Å². The molecule has 0 unspecified atom stereocenters. The van der Waals surface area contributed by atoms with Gasteiger partial charge in [0, 0.05) is 38.7 Å². The van der Waals surface area contributed by atoms with Crippen LogP contribution >= 0.6 is 0 Å². The molecule has 2 aromatic rings. The zero-order valence-corrected chi connectivity index (χ0v) is 14.5. The average Bonchev–Trinajstić information content (AvgIpc) is 3.10. The lowest BCUT2D eigenvalue weighted by atomic mass is 10.1. The van der Waals surface area contributed by atoms with E-state index in [0.717, 1.165) is 37.5 Å². The monoisotopic (exact) mass is 342 g/mol. The Morgan fingerprint density at radius 1 is 1.08 bits per heavy atom. The minimum Gasteiger partial charge on any atom is -0.465 e. The quantitative estimate of drug-likeness (QED) is 0.799. The molecule has 2 heterocycles. The van der Waals surface area contributed by atoms with E-state index >= 15 is 0 Å². The number of ether oxygens (including phenoxy) is 1. The number of rotatable bonds is 4. The zero-order valence-electron chi connectivity index (χ0n) is 14.5. The molecule has 0 spiro atoms. The Morgan fingerprint density at radius 3 is 2.48 bits per heavy atom. The minimum atomic E-state index is -0.381. The zero-order chi connectivity index (χ0) is 17.8. The van der Waals surface area contributed by atoms with Gasteiger partial charge in [-0.25, -0.2) is 4.79 Å². The van der Waals surface area contributed by atoms with E-state index in [2.05, 4.69) is 4.90 Å². The highest BCUT2D eigenvalue weighted by molar-refractivity contribution is 5.96. The van der Waals surface area contributed by atoms with Crippen molar-refractivity contribution in [2.75, 3.05) is 33.3 Å². The molecule has 3 rings (SSSR count). The lowest BCUT2D eigenvalue weighted by molar-refractivity contribution is -0.130. The number of piperazine rings is 1. The summed E-state index contributed by atoms with van der Waals surface area (Å²) in [5.41, 5.74) is 1.21. The Balaban J connectivity index is 1.70. The van der Waals surface area contributed by atoms with Gasteiger partial charge in [-0.3, -0.25) is 9.69 Å². The number of benzene rings is 1. The smallest absolute Gasteiger partial charge is 0.338 e. The number of carbonyl (C=O) groups excluding carboxylic acids is 2. The number of nitrogens with zero attached hydrogens (tertiary/aromatic N) is 2. The van der Waals surface area contributed by atoms with Crippen molar-refractivity contribution in [3.05, 3.63) is 47.7 Å². The summed E-state index contributed by atoms with van der Waals surface area (Å²) in [6.07, 6.45) is 0. The van der Waals surface area contributed by atoms with E-state index in [1.807, 2.05) is 29.2 Å². The van der Waals surface area contributed by atoms with Crippen LogP contribution < -0.4 is 0 Å². The number of amides is 1. The lowest BCUT2D eigenvalue weighted by Crippen LogP contribution is -2.47. The maximum Gasteiger partial charge on any atom is 0.338 e. The van der Waals surface area contributed by atoms with Gasteiger partial charge in [0.2, 0.25) is 5.91 Å². The SMILES string of the molecule is COC(=O)c1ccccc1-c1ccc(CN2CCN(C(C)=O)CC2)o1. The second-order valence-electron chi connectivity index (χ2n) is 6.09. The molecular weight excluding hydrogens is 320 g/mol. The molecule has 1 fully saturated rings. The molecule has 1 aliphatic heterocycles. The molecule has 1 amide bonds. The molecule has 1 aromatic heterocycles. The molecule has 6 heteroatoms. The fourth-order valence-electron chi connectivity index (χ4n) is 3.03. The molecule has 0 radical (unpaired) electrons. The Hall–Kier alpha value is -2.60. The first-order valence-electron chi connectivity index (χ1n) is 8.33. The highest BCUT2D eigenvalue weighted by Crippen LogP contribution is 2.27. The average molecular weight is 342 g/mol. The molecule has 0 atom stereocenters. The Labute approximate surface area is 147 Å². The Kier molecular flexibility index (Phi) is 5.19. The van der Waals surface area contributed by atoms with E-state index in [9.17, 15) is 9.59 Å². The highest BCUT2D eigenvalue weighted by atomic mass is 16.5. The van der Waals surface area contributed by atoms with Crippen LogP contribution in [-0.2, 0) is 16.1 Å². The maximum absolute atomic E-state index is 11.9. The standard InChI is InChI=1S/C19H22N2O4/c1-14(22)21-11-9-20(10-12-21)13-15-7-8-18(25-15)16-5-3-4-6-17(16)19(23)24-2/h3-8H,9-13H2,1-2H3. The molecule has 0 N–H and O–H groups in total. The van der Waals surface area contributed by atoms with Crippen LogP contribution in [0.1, 0.15) is 23.0 Å². The van der Waals surface area contributed by atoms with Crippen LogP contribution in [0.3, 0.4) is 0 Å². The van der Waals surface area contributed by atoms with E-state index in [-0.39, 0.29) is 11.9 Å².